The minimum absolute atomic E-state index is 0.0353. The average molecular weight is 532 g/mol. The van der Waals surface area contributed by atoms with Crippen LogP contribution in [0.4, 0.5) is 4.39 Å². The molecule has 2 aromatic heterocycles. The van der Waals surface area contributed by atoms with E-state index >= 15 is 4.39 Å². The van der Waals surface area contributed by atoms with Crippen molar-refractivity contribution in [1.82, 2.24) is 24.6 Å². The molecule has 0 aliphatic carbocycles. The normalized spacial score (nSPS) is 12.9. The van der Waals surface area contributed by atoms with Crippen LogP contribution in [0.15, 0.2) is 65.6 Å². The van der Waals surface area contributed by atoms with E-state index in [-0.39, 0.29) is 17.7 Å². The van der Waals surface area contributed by atoms with Gasteiger partial charge in [-0.3, -0.25) is 10.4 Å². The van der Waals surface area contributed by atoms with Crippen LogP contribution in [-0.4, -0.2) is 57.2 Å². The number of halogens is 1. The molecule has 4 aromatic rings. The standard InChI is InChI=1S/C29H34FN7O2/c1-5-19-14-22(26(30)24(16-19)39-18(2)17-36(3)4)23(15-20-9-11-21(12-10-20)27(31)32)28-34-29(38)37(35-28)25-8-6-7-13-33-25/h6-14,16,18,23H,5,15,17H2,1-4H3,(H3,31,32)(H,34,35,38). The Morgan fingerprint density at radius 3 is 2.54 bits per heavy atom. The summed E-state index contributed by atoms with van der Waals surface area (Å²) in [5.41, 5.74) is 7.88. The summed E-state index contributed by atoms with van der Waals surface area (Å²) < 4.78 is 23.4. The van der Waals surface area contributed by atoms with Gasteiger partial charge in [-0.15, -0.1) is 5.10 Å². The minimum atomic E-state index is -0.635. The van der Waals surface area contributed by atoms with Crippen LogP contribution in [-0.2, 0) is 12.8 Å². The number of benzene rings is 2. The maximum absolute atomic E-state index is 16.2. The number of aryl methyl sites for hydroxylation is 1. The maximum atomic E-state index is 16.2. The number of likely N-dealkylation sites (N-methyl/N-ethyl adjacent to an activating group) is 1. The molecule has 0 saturated carbocycles. The van der Waals surface area contributed by atoms with E-state index in [2.05, 4.69) is 15.1 Å². The number of nitrogens with two attached hydrogens (primary N) is 1. The zero-order valence-corrected chi connectivity index (χ0v) is 22.6. The quantitative estimate of drug-likeness (QED) is 0.200. The third-order valence-corrected chi connectivity index (χ3v) is 6.40. The molecule has 0 radical (unpaired) electrons. The van der Waals surface area contributed by atoms with Crippen molar-refractivity contribution in [2.45, 2.75) is 38.7 Å². The first kappa shape index (κ1) is 27.7. The van der Waals surface area contributed by atoms with E-state index in [9.17, 15) is 4.79 Å². The van der Waals surface area contributed by atoms with Gasteiger partial charge in [0.1, 0.15) is 17.8 Å². The number of aromatic nitrogens is 4. The van der Waals surface area contributed by atoms with Gasteiger partial charge >= 0.3 is 5.69 Å². The van der Waals surface area contributed by atoms with Crippen LogP contribution in [0.1, 0.15) is 47.8 Å². The number of hydrogen-bond donors (Lipinski definition) is 3. The van der Waals surface area contributed by atoms with Gasteiger partial charge in [0.25, 0.3) is 0 Å². The fourth-order valence-electron chi connectivity index (χ4n) is 4.53. The molecule has 2 aromatic carbocycles. The van der Waals surface area contributed by atoms with Crippen molar-refractivity contribution in [2.24, 2.45) is 5.73 Å². The van der Waals surface area contributed by atoms with Gasteiger partial charge in [0.05, 0.1) is 5.92 Å². The van der Waals surface area contributed by atoms with Gasteiger partial charge in [0.2, 0.25) is 0 Å². The molecule has 10 heteroatoms. The molecule has 4 rings (SSSR count). The molecule has 2 unspecified atom stereocenters. The van der Waals surface area contributed by atoms with Gasteiger partial charge in [0.15, 0.2) is 17.4 Å². The summed E-state index contributed by atoms with van der Waals surface area (Å²) in [6, 6.07) is 15.9. The van der Waals surface area contributed by atoms with Crippen molar-refractivity contribution >= 4 is 5.84 Å². The lowest BCUT2D eigenvalue weighted by Crippen LogP contribution is -2.28. The Kier molecular flexibility index (Phi) is 8.55. The van der Waals surface area contributed by atoms with Gasteiger partial charge in [0, 0.05) is 23.9 Å². The Morgan fingerprint density at radius 2 is 1.92 bits per heavy atom. The molecule has 9 nitrogen and oxygen atoms in total. The number of hydrogen-bond acceptors (Lipinski definition) is 6. The molecule has 0 spiro atoms. The molecule has 0 amide bonds. The van der Waals surface area contributed by atoms with Crippen LogP contribution >= 0.6 is 0 Å². The lowest BCUT2D eigenvalue weighted by Gasteiger charge is -2.22. The van der Waals surface area contributed by atoms with Crippen LogP contribution < -0.4 is 16.2 Å². The number of nitrogen functional groups attached to an aromatic ring is 1. The second kappa shape index (κ2) is 12.0. The van der Waals surface area contributed by atoms with Crippen LogP contribution in [0.2, 0.25) is 0 Å². The summed E-state index contributed by atoms with van der Waals surface area (Å²) in [6.45, 7) is 4.52. The summed E-state index contributed by atoms with van der Waals surface area (Å²) in [7, 11) is 3.87. The van der Waals surface area contributed by atoms with Crippen molar-refractivity contribution in [3.8, 4) is 11.6 Å². The number of rotatable bonds is 11. The highest BCUT2D eigenvalue weighted by Crippen LogP contribution is 2.34. The maximum Gasteiger partial charge on any atom is 0.349 e. The second-order valence-corrected chi connectivity index (χ2v) is 9.82. The summed E-state index contributed by atoms with van der Waals surface area (Å²) >= 11 is 0. The Morgan fingerprint density at radius 1 is 1.18 bits per heavy atom. The third kappa shape index (κ3) is 6.58. The Balaban J connectivity index is 1.82. The highest BCUT2D eigenvalue weighted by molar-refractivity contribution is 5.94. The molecule has 0 bridgehead atoms. The molecule has 204 valence electrons. The zero-order valence-electron chi connectivity index (χ0n) is 22.6. The fraction of sp³-hybridized carbons (Fsp3) is 0.310. The van der Waals surface area contributed by atoms with Crippen molar-refractivity contribution in [2.75, 3.05) is 20.6 Å². The highest BCUT2D eigenvalue weighted by Gasteiger charge is 2.27. The van der Waals surface area contributed by atoms with E-state index in [1.807, 2.05) is 51.0 Å². The Labute approximate surface area is 227 Å². The summed E-state index contributed by atoms with van der Waals surface area (Å²) in [6.07, 6.45) is 2.34. The lowest BCUT2D eigenvalue weighted by atomic mass is 9.89. The predicted octanol–water partition coefficient (Wildman–Crippen LogP) is 3.64. The number of H-pyrrole nitrogens is 1. The van der Waals surface area contributed by atoms with E-state index < -0.39 is 17.4 Å². The first-order valence-corrected chi connectivity index (χ1v) is 12.8. The first-order valence-electron chi connectivity index (χ1n) is 12.8. The molecule has 2 atom stereocenters. The SMILES string of the molecule is CCc1cc(OC(C)CN(C)C)c(F)c(C(Cc2ccc(C(=N)N)cc2)c2nn(-c3ccccn3)c(=O)[nH]2)c1. The molecular formula is C29H34FN7O2. The van der Waals surface area contributed by atoms with Gasteiger partial charge in [-0.1, -0.05) is 43.3 Å². The van der Waals surface area contributed by atoms with Crippen molar-refractivity contribution in [3.05, 3.63) is 105 Å². The predicted molar refractivity (Wildman–Crippen MR) is 149 cm³/mol. The molecule has 2 heterocycles. The lowest BCUT2D eigenvalue weighted by molar-refractivity contribution is 0.169. The Hall–Kier alpha value is -4.31. The van der Waals surface area contributed by atoms with E-state index in [1.165, 1.54) is 4.68 Å². The number of pyridine rings is 1. The van der Waals surface area contributed by atoms with Crippen molar-refractivity contribution in [3.63, 3.8) is 0 Å². The average Bonchev–Trinajstić information content (AvgIpc) is 3.30. The zero-order chi connectivity index (χ0) is 28.1. The third-order valence-electron chi connectivity index (χ3n) is 6.40. The van der Waals surface area contributed by atoms with Gasteiger partial charge in [-0.05, 0) is 63.2 Å². The Bertz CT molecular complexity index is 1480. The van der Waals surface area contributed by atoms with E-state index in [4.69, 9.17) is 15.9 Å². The molecule has 0 aliphatic rings. The van der Waals surface area contributed by atoms with Crippen molar-refractivity contribution in [1.29, 1.82) is 5.41 Å². The van der Waals surface area contributed by atoms with Crippen LogP contribution in [0.25, 0.3) is 5.82 Å². The minimum Gasteiger partial charge on any atom is -0.486 e. The van der Waals surface area contributed by atoms with Crippen LogP contribution in [0, 0.1) is 11.2 Å². The van der Waals surface area contributed by atoms with E-state index in [0.717, 1.165) is 11.1 Å². The molecule has 0 fully saturated rings. The van der Waals surface area contributed by atoms with E-state index in [0.29, 0.717) is 42.2 Å². The second-order valence-electron chi connectivity index (χ2n) is 9.82. The summed E-state index contributed by atoms with van der Waals surface area (Å²) in [5.74, 6) is -0.325. The van der Waals surface area contributed by atoms with Gasteiger partial charge in [-0.25, -0.2) is 14.2 Å². The molecular weight excluding hydrogens is 497 g/mol. The van der Waals surface area contributed by atoms with Crippen molar-refractivity contribution < 1.29 is 9.13 Å². The number of ether oxygens (including phenoxy) is 1. The number of amidine groups is 1. The smallest absolute Gasteiger partial charge is 0.349 e. The monoisotopic (exact) mass is 531 g/mol. The molecule has 0 saturated heterocycles. The van der Waals surface area contributed by atoms with Gasteiger partial charge < -0.3 is 15.4 Å². The molecule has 0 aliphatic heterocycles. The fourth-order valence-corrected chi connectivity index (χ4v) is 4.53. The molecule has 39 heavy (non-hydrogen) atoms. The first-order chi connectivity index (χ1) is 18.7. The topological polar surface area (TPSA) is 126 Å². The molecule has 4 N–H and O–H groups in total. The van der Waals surface area contributed by atoms with Gasteiger partial charge in [-0.2, -0.15) is 4.68 Å². The number of nitrogens with zero attached hydrogens (tertiary/aromatic N) is 4. The van der Waals surface area contributed by atoms with Crippen LogP contribution in [0.3, 0.4) is 0 Å². The summed E-state index contributed by atoms with van der Waals surface area (Å²) in [5, 5.41) is 12.2. The summed E-state index contributed by atoms with van der Waals surface area (Å²) in [4.78, 5) is 22.0. The van der Waals surface area contributed by atoms with E-state index in [1.54, 1.807) is 42.6 Å². The largest absolute Gasteiger partial charge is 0.486 e. The number of aromatic amines is 1. The highest BCUT2D eigenvalue weighted by atomic mass is 19.1. The van der Waals surface area contributed by atoms with Crippen LogP contribution in [0.5, 0.6) is 5.75 Å². The number of nitrogens with one attached hydrogen (secondary N) is 2.